The van der Waals surface area contributed by atoms with Crippen LogP contribution in [0.1, 0.15) is 47.9 Å². The first kappa shape index (κ1) is 54.7. The summed E-state index contributed by atoms with van der Waals surface area (Å²) in [5.41, 5.74) is 2.11. The Labute approximate surface area is 392 Å². The van der Waals surface area contributed by atoms with Crippen molar-refractivity contribution in [3.63, 3.8) is 0 Å². The summed E-state index contributed by atoms with van der Waals surface area (Å²) < 4.78 is 39.9. The summed E-state index contributed by atoms with van der Waals surface area (Å²) in [6.07, 6.45) is 1.20. The number of ether oxygens (including phenoxy) is 8. The SMILES string of the molecule is COC(=O)CC[C@@H](Cc1cc(O)c(O)c(OC)c1)[C@H](Cc1cc(O)c(O)c(OC)c1)C(=O)OC.COC(=O)CC[C@H](Cc1cc(O)c(O)c(OC)c1)[C@@H](Cc1cc(O)c(O)c(OC)c1)C(=O)OC. The molecule has 20 heteroatoms. The van der Waals surface area contributed by atoms with Gasteiger partial charge in [-0.25, -0.2) is 0 Å². The first-order valence-corrected chi connectivity index (χ1v) is 20.9. The zero-order valence-electron chi connectivity index (χ0n) is 39.1. The molecule has 372 valence electrons. The third-order valence-electron chi connectivity index (χ3n) is 11.3. The van der Waals surface area contributed by atoms with Gasteiger partial charge in [0, 0.05) is 12.8 Å². The molecule has 4 atom stereocenters. The van der Waals surface area contributed by atoms with E-state index in [-0.39, 0.29) is 85.9 Å². The number of aromatic hydroxyl groups is 8. The van der Waals surface area contributed by atoms with Crippen molar-refractivity contribution >= 4 is 23.9 Å². The fourth-order valence-corrected chi connectivity index (χ4v) is 7.69. The Bertz CT molecular complexity index is 2200. The Kier molecular flexibility index (Phi) is 20.8. The van der Waals surface area contributed by atoms with Gasteiger partial charge in [0.2, 0.25) is 23.0 Å². The second kappa shape index (κ2) is 25.9. The Balaban J connectivity index is 0.000000360. The van der Waals surface area contributed by atoms with Crippen molar-refractivity contribution in [3.8, 4) is 69.0 Å². The predicted molar refractivity (Wildman–Crippen MR) is 241 cm³/mol. The summed E-state index contributed by atoms with van der Waals surface area (Å²) in [5, 5.41) is 79.9. The van der Waals surface area contributed by atoms with E-state index in [9.17, 15) is 60.0 Å². The van der Waals surface area contributed by atoms with Gasteiger partial charge in [-0.1, -0.05) is 0 Å². The largest absolute Gasteiger partial charge is 0.504 e. The quantitative estimate of drug-likeness (QED) is 0.0280. The molecule has 0 amide bonds. The molecule has 0 spiro atoms. The highest BCUT2D eigenvalue weighted by Crippen LogP contribution is 2.42. The Hall–Kier alpha value is -7.64. The predicted octanol–water partition coefficient (Wildman–Crippen LogP) is 5.34. The Morgan fingerprint density at radius 2 is 0.632 bits per heavy atom. The maximum atomic E-state index is 12.8. The summed E-state index contributed by atoms with van der Waals surface area (Å²) in [4.78, 5) is 49.3. The van der Waals surface area contributed by atoms with Gasteiger partial charge in [-0.2, -0.15) is 0 Å². The third kappa shape index (κ3) is 14.7. The van der Waals surface area contributed by atoms with Gasteiger partial charge in [-0.3, -0.25) is 19.2 Å². The maximum absolute atomic E-state index is 12.8. The molecule has 0 aliphatic heterocycles. The van der Waals surface area contributed by atoms with Crippen LogP contribution in [0.4, 0.5) is 0 Å². The molecule has 0 unspecified atom stereocenters. The summed E-state index contributed by atoms with van der Waals surface area (Å²) >= 11 is 0. The number of carbonyl (C=O) groups excluding carboxylic acids is 4. The molecule has 0 aliphatic carbocycles. The zero-order chi connectivity index (χ0) is 50.8. The molecule has 0 aromatic heterocycles. The average molecular weight is 957 g/mol. The lowest BCUT2D eigenvalue weighted by atomic mass is 9.80. The lowest BCUT2D eigenvalue weighted by Crippen LogP contribution is -2.29. The van der Waals surface area contributed by atoms with E-state index < -0.39 is 82.0 Å². The standard InChI is InChI=1S/2C24H30O10/c2*1-31-19-11-13(9-17(25)22(19)28)7-15(5-6-21(27)33-3)16(24(30)34-4)8-14-10-18(26)23(29)20(12-14)32-2/h2*9-12,15-16,25-26,28-29H,5-8H2,1-4H3/t2*15-,16-/m10/s1. The normalized spacial score (nSPS) is 12.5. The molecule has 20 nitrogen and oxygen atoms in total. The summed E-state index contributed by atoms with van der Waals surface area (Å²) in [7, 11) is 10.4. The Morgan fingerprint density at radius 1 is 0.382 bits per heavy atom. The van der Waals surface area contributed by atoms with Crippen LogP contribution in [0.25, 0.3) is 0 Å². The molecule has 0 aliphatic rings. The van der Waals surface area contributed by atoms with Gasteiger partial charge in [0.1, 0.15) is 0 Å². The van der Waals surface area contributed by atoms with Crippen LogP contribution < -0.4 is 18.9 Å². The van der Waals surface area contributed by atoms with Crippen molar-refractivity contribution in [1.82, 2.24) is 0 Å². The van der Waals surface area contributed by atoms with E-state index in [1.807, 2.05) is 0 Å². The van der Waals surface area contributed by atoms with Crippen molar-refractivity contribution in [3.05, 3.63) is 70.8 Å². The first-order chi connectivity index (χ1) is 32.3. The second-order valence-corrected chi connectivity index (χ2v) is 15.5. The molecule has 4 aromatic carbocycles. The molecular formula is C48H60O20. The zero-order valence-corrected chi connectivity index (χ0v) is 39.1. The number of phenolic OH excluding ortho intramolecular Hbond substituents is 8. The number of phenols is 8. The van der Waals surface area contributed by atoms with E-state index in [1.165, 1.54) is 105 Å². The Morgan fingerprint density at radius 3 is 0.853 bits per heavy atom. The van der Waals surface area contributed by atoms with Crippen LogP contribution >= 0.6 is 0 Å². The molecule has 68 heavy (non-hydrogen) atoms. The number of benzene rings is 4. The highest BCUT2D eigenvalue weighted by Gasteiger charge is 2.33. The van der Waals surface area contributed by atoms with E-state index in [0.717, 1.165) is 0 Å². The minimum Gasteiger partial charge on any atom is -0.504 e. The van der Waals surface area contributed by atoms with Crippen LogP contribution in [0.3, 0.4) is 0 Å². The van der Waals surface area contributed by atoms with Crippen molar-refractivity contribution < 1.29 is 97.9 Å². The van der Waals surface area contributed by atoms with Gasteiger partial charge in [-0.05, 0) is 121 Å². The van der Waals surface area contributed by atoms with Gasteiger partial charge in [0.15, 0.2) is 46.0 Å². The van der Waals surface area contributed by atoms with Crippen LogP contribution in [0.5, 0.6) is 69.0 Å². The van der Waals surface area contributed by atoms with Crippen LogP contribution in [0, 0.1) is 23.7 Å². The molecule has 4 rings (SSSR count). The van der Waals surface area contributed by atoms with E-state index in [2.05, 4.69) is 0 Å². The van der Waals surface area contributed by atoms with Crippen LogP contribution in [0.15, 0.2) is 48.5 Å². The number of methoxy groups -OCH3 is 8. The summed E-state index contributed by atoms with van der Waals surface area (Å²) in [5.74, 6) is -7.53. The maximum Gasteiger partial charge on any atom is 0.309 e. The lowest BCUT2D eigenvalue weighted by molar-refractivity contribution is -0.149. The summed E-state index contributed by atoms with van der Waals surface area (Å²) in [6.45, 7) is 0. The van der Waals surface area contributed by atoms with Crippen molar-refractivity contribution in [1.29, 1.82) is 0 Å². The van der Waals surface area contributed by atoms with Gasteiger partial charge >= 0.3 is 23.9 Å². The molecule has 0 fully saturated rings. The van der Waals surface area contributed by atoms with Gasteiger partial charge in [-0.15, -0.1) is 0 Å². The molecule has 4 aromatic rings. The third-order valence-corrected chi connectivity index (χ3v) is 11.3. The van der Waals surface area contributed by atoms with Crippen molar-refractivity contribution in [2.45, 2.75) is 51.4 Å². The molecule has 8 N–H and O–H groups in total. The average Bonchev–Trinajstić information content (AvgIpc) is 3.33. The van der Waals surface area contributed by atoms with E-state index in [0.29, 0.717) is 22.3 Å². The molecule has 0 heterocycles. The summed E-state index contributed by atoms with van der Waals surface area (Å²) in [6, 6.07) is 11.4. The highest BCUT2D eigenvalue weighted by molar-refractivity contribution is 5.75. The van der Waals surface area contributed by atoms with E-state index in [4.69, 9.17) is 37.9 Å². The number of hydrogen-bond donors (Lipinski definition) is 8. The van der Waals surface area contributed by atoms with Gasteiger partial charge in [0.05, 0.1) is 68.7 Å². The molecular weight excluding hydrogens is 897 g/mol. The minimum absolute atomic E-state index is 0.0278. The number of rotatable bonds is 22. The minimum atomic E-state index is -0.773. The molecule has 0 saturated heterocycles. The fourth-order valence-electron chi connectivity index (χ4n) is 7.69. The monoisotopic (exact) mass is 956 g/mol. The van der Waals surface area contributed by atoms with Crippen molar-refractivity contribution in [2.75, 3.05) is 56.9 Å². The number of esters is 4. The fraction of sp³-hybridized carbons (Fsp3) is 0.417. The van der Waals surface area contributed by atoms with Crippen LogP contribution in [-0.2, 0) is 63.8 Å². The van der Waals surface area contributed by atoms with E-state index >= 15 is 0 Å². The van der Waals surface area contributed by atoms with Crippen LogP contribution in [0.2, 0.25) is 0 Å². The lowest BCUT2D eigenvalue weighted by Gasteiger charge is -2.26. The van der Waals surface area contributed by atoms with Gasteiger partial charge in [0.25, 0.3) is 0 Å². The topological polar surface area (TPSA) is 304 Å². The van der Waals surface area contributed by atoms with Crippen molar-refractivity contribution in [2.24, 2.45) is 23.7 Å². The smallest absolute Gasteiger partial charge is 0.309 e. The van der Waals surface area contributed by atoms with Gasteiger partial charge < -0.3 is 78.7 Å². The molecule has 0 saturated carbocycles. The number of hydrogen-bond acceptors (Lipinski definition) is 20. The van der Waals surface area contributed by atoms with Crippen LogP contribution in [-0.4, -0.2) is 122 Å². The first-order valence-electron chi connectivity index (χ1n) is 20.9. The second-order valence-electron chi connectivity index (χ2n) is 15.5. The van der Waals surface area contributed by atoms with E-state index in [1.54, 1.807) is 0 Å². The molecule has 0 radical (unpaired) electrons. The molecule has 0 bridgehead atoms. The number of carbonyl (C=O) groups is 4. The highest BCUT2D eigenvalue weighted by atomic mass is 16.5.